The molecule has 0 spiro atoms. The number of Topliss-reactive ketones (excluding diaryl/α,β-unsaturated/α-hetero) is 1. The van der Waals surface area contributed by atoms with Crippen molar-refractivity contribution < 1.29 is 50.9 Å². The SMILES string of the molecule is CCOc1cc(N)ncc1NC(=O)c1cccc(C(F)F)n1.CCOc1cc2nc(C3CCCC(OC)C3)cn2cc1NC(=O)c1cccc(C(F)F)n1.COC1CCCC(CC(=O)CCl)C1. The molecule has 15 nitrogen and oxygen atoms in total. The summed E-state index contributed by atoms with van der Waals surface area (Å²) in [4.78, 5) is 51.9. The number of amides is 2. The maximum atomic E-state index is 12.9. The molecule has 5 heterocycles. The number of rotatable bonds is 16. The van der Waals surface area contributed by atoms with Gasteiger partial charge >= 0.3 is 0 Å². The number of nitrogens with one attached hydrogen (secondary N) is 2. The molecule has 0 aromatic carbocycles. The van der Waals surface area contributed by atoms with Crippen LogP contribution in [-0.2, 0) is 14.3 Å². The van der Waals surface area contributed by atoms with Crippen molar-refractivity contribution in [3.05, 3.63) is 95.6 Å². The summed E-state index contributed by atoms with van der Waals surface area (Å²) in [6.45, 7) is 4.37. The second kappa shape index (κ2) is 25.8. The van der Waals surface area contributed by atoms with Crippen LogP contribution in [0.3, 0.4) is 0 Å². The Labute approximate surface area is 391 Å². The number of anilines is 3. The van der Waals surface area contributed by atoms with E-state index in [4.69, 9.17) is 41.3 Å². The molecule has 4 unspecified atom stereocenters. The summed E-state index contributed by atoms with van der Waals surface area (Å²) in [6.07, 6.45) is 9.39. The van der Waals surface area contributed by atoms with E-state index < -0.39 is 36.1 Å². The first-order valence-electron chi connectivity index (χ1n) is 22.0. The van der Waals surface area contributed by atoms with Gasteiger partial charge < -0.3 is 39.7 Å². The van der Waals surface area contributed by atoms with Crippen LogP contribution in [0.15, 0.2) is 67.1 Å². The van der Waals surface area contributed by atoms with Gasteiger partial charge in [0.15, 0.2) is 0 Å². The molecule has 67 heavy (non-hydrogen) atoms. The van der Waals surface area contributed by atoms with Crippen LogP contribution < -0.4 is 25.8 Å². The number of hydrogen-bond acceptors (Lipinski definition) is 12. The Kier molecular flexibility index (Phi) is 20.1. The summed E-state index contributed by atoms with van der Waals surface area (Å²) in [5, 5.41) is 5.25. The van der Waals surface area contributed by atoms with E-state index in [0.717, 1.165) is 56.7 Å². The van der Waals surface area contributed by atoms with Crippen molar-refractivity contribution >= 4 is 52.0 Å². The van der Waals surface area contributed by atoms with E-state index in [-0.39, 0.29) is 40.7 Å². The van der Waals surface area contributed by atoms with Crippen molar-refractivity contribution in [1.82, 2.24) is 24.3 Å². The maximum Gasteiger partial charge on any atom is 0.280 e. The van der Waals surface area contributed by atoms with E-state index in [1.807, 2.05) is 17.5 Å². The summed E-state index contributed by atoms with van der Waals surface area (Å²) < 4.78 is 74.8. The van der Waals surface area contributed by atoms with Crippen molar-refractivity contribution in [3.8, 4) is 11.5 Å². The van der Waals surface area contributed by atoms with Gasteiger partial charge in [-0.1, -0.05) is 25.0 Å². The standard InChI is InChI=1S/C23H26F2N4O3.C14H14F2N4O2.C10H17ClO2/c1-3-32-20-11-21-27-18(14-6-4-7-15(10-14)31-2)12-29(21)13-19(20)28-23(30)17-9-5-8-16(26-17)22(24)25;1-2-22-11-6-12(17)18-7-10(11)20-14(21)9-5-3-4-8(19-9)13(15)16;1-13-10-4-2-3-8(6-10)5-9(12)7-11/h5,8-9,11-15,22H,3-4,6-7,10H2,1-2H3,(H,28,30);3-7,13H,2H2,1H3,(H2,17,18)(H,20,21);8,10H,2-7H2,1H3. The van der Waals surface area contributed by atoms with Crippen LogP contribution in [0, 0.1) is 5.92 Å². The lowest BCUT2D eigenvalue weighted by atomic mass is 9.84. The average Bonchev–Trinajstić information content (AvgIpc) is 3.76. The second-order valence-corrected chi connectivity index (χ2v) is 16.1. The molecule has 5 aromatic rings. The maximum absolute atomic E-state index is 12.9. The highest BCUT2D eigenvalue weighted by molar-refractivity contribution is 6.27. The normalized spacial score (nSPS) is 18.0. The number of halogens is 5. The number of methoxy groups -OCH3 is 2. The quantitative estimate of drug-likeness (QED) is 0.0627. The summed E-state index contributed by atoms with van der Waals surface area (Å²) in [5.74, 6) is 0.936. The molecule has 2 aliphatic carbocycles. The topological polar surface area (TPSA) is 194 Å². The first kappa shape index (κ1) is 52.1. The van der Waals surface area contributed by atoms with Gasteiger partial charge in [-0.2, -0.15) is 0 Å². The minimum absolute atomic E-state index is 0.0931. The van der Waals surface area contributed by atoms with Crippen molar-refractivity contribution in [1.29, 1.82) is 0 Å². The third-order valence-electron chi connectivity index (χ3n) is 11.1. The van der Waals surface area contributed by atoms with E-state index in [0.29, 0.717) is 60.4 Å². The van der Waals surface area contributed by atoms with Gasteiger partial charge in [-0.05, 0) is 82.6 Å². The van der Waals surface area contributed by atoms with Crippen LogP contribution in [0.25, 0.3) is 5.65 Å². The molecule has 2 saturated carbocycles. The van der Waals surface area contributed by atoms with E-state index in [2.05, 4.69) is 25.6 Å². The lowest BCUT2D eigenvalue weighted by Crippen LogP contribution is -2.23. The Morgan fingerprint density at radius 1 is 0.776 bits per heavy atom. The first-order chi connectivity index (χ1) is 32.2. The minimum Gasteiger partial charge on any atom is -0.491 e. The number of nitrogens with zero attached hydrogens (tertiary/aromatic N) is 5. The lowest BCUT2D eigenvalue weighted by Gasteiger charge is -2.27. The van der Waals surface area contributed by atoms with Gasteiger partial charge in [-0.3, -0.25) is 14.4 Å². The number of nitrogens with two attached hydrogens (primary N) is 1. The van der Waals surface area contributed by atoms with Crippen LogP contribution in [-0.4, -0.2) is 87.5 Å². The predicted octanol–water partition coefficient (Wildman–Crippen LogP) is 10.0. The monoisotopic (exact) mass is 956 g/mol. The van der Waals surface area contributed by atoms with Gasteiger partial charge in [0.05, 0.1) is 43.2 Å². The van der Waals surface area contributed by atoms with Crippen LogP contribution in [0.5, 0.6) is 11.5 Å². The van der Waals surface area contributed by atoms with Gasteiger partial charge in [-0.25, -0.2) is 37.5 Å². The first-order valence-corrected chi connectivity index (χ1v) is 22.6. The second-order valence-electron chi connectivity index (χ2n) is 15.8. The van der Waals surface area contributed by atoms with Crippen molar-refractivity contribution in [2.75, 3.05) is 49.7 Å². The molecule has 2 amide bonds. The van der Waals surface area contributed by atoms with E-state index >= 15 is 0 Å². The van der Waals surface area contributed by atoms with Gasteiger partial charge in [-0.15, -0.1) is 11.6 Å². The number of ketones is 1. The molecule has 4 atom stereocenters. The number of hydrogen-bond donors (Lipinski definition) is 3. The fourth-order valence-electron chi connectivity index (χ4n) is 7.84. The van der Waals surface area contributed by atoms with Gasteiger partial charge in [0.25, 0.3) is 24.7 Å². The number of fused-ring (bicyclic) bond motifs is 1. The fraction of sp³-hybridized carbons (Fsp3) is 0.468. The Hall–Kier alpha value is -5.92. The summed E-state index contributed by atoms with van der Waals surface area (Å²) in [5.41, 5.74) is 6.80. The van der Waals surface area contributed by atoms with Crippen molar-refractivity contribution in [2.24, 2.45) is 5.92 Å². The van der Waals surface area contributed by atoms with Crippen LogP contribution in [0.4, 0.5) is 34.8 Å². The van der Waals surface area contributed by atoms with E-state index in [1.54, 1.807) is 33.4 Å². The molecule has 20 heteroatoms. The number of carbonyl (C=O) groups is 3. The van der Waals surface area contributed by atoms with Gasteiger partial charge in [0, 0.05) is 51.1 Å². The van der Waals surface area contributed by atoms with Crippen LogP contribution in [0.2, 0.25) is 0 Å². The number of nitrogen functional groups attached to an aromatic ring is 1. The number of pyridine rings is 4. The zero-order valence-electron chi connectivity index (χ0n) is 37.9. The third kappa shape index (κ3) is 15.3. The van der Waals surface area contributed by atoms with Crippen LogP contribution >= 0.6 is 11.6 Å². The fourth-order valence-corrected chi connectivity index (χ4v) is 7.95. The van der Waals surface area contributed by atoms with E-state index in [9.17, 15) is 31.9 Å². The van der Waals surface area contributed by atoms with Crippen molar-refractivity contribution in [2.45, 2.75) is 103 Å². The highest BCUT2D eigenvalue weighted by Crippen LogP contribution is 2.35. The van der Waals surface area contributed by atoms with E-state index in [1.165, 1.54) is 49.0 Å². The Balaban J connectivity index is 0.000000207. The molecule has 0 aliphatic heterocycles. The third-order valence-corrected chi connectivity index (χ3v) is 11.4. The average molecular weight is 957 g/mol. The molecule has 2 fully saturated rings. The Morgan fingerprint density at radius 2 is 1.34 bits per heavy atom. The highest BCUT2D eigenvalue weighted by Gasteiger charge is 2.26. The number of aromatic nitrogens is 5. The largest absolute Gasteiger partial charge is 0.491 e. The molecule has 2 aliphatic rings. The number of ether oxygens (including phenoxy) is 4. The lowest BCUT2D eigenvalue weighted by molar-refractivity contribution is -0.118. The number of alkyl halides is 5. The Bertz CT molecular complexity index is 2410. The molecule has 0 saturated heterocycles. The molecular weight excluding hydrogens is 900 g/mol. The smallest absolute Gasteiger partial charge is 0.280 e. The zero-order chi connectivity index (χ0) is 48.5. The Morgan fingerprint density at radius 3 is 1.91 bits per heavy atom. The number of carbonyl (C=O) groups excluding carboxylic acids is 3. The van der Waals surface area contributed by atoms with Gasteiger partial charge in [0.1, 0.15) is 62.9 Å². The van der Waals surface area contributed by atoms with Crippen molar-refractivity contribution in [3.63, 3.8) is 0 Å². The van der Waals surface area contributed by atoms with Crippen LogP contribution in [0.1, 0.15) is 128 Å². The molecule has 5 aromatic heterocycles. The molecule has 0 bridgehead atoms. The molecule has 362 valence electrons. The number of imidazole rings is 1. The summed E-state index contributed by atoms with van der Waals surface area (Å²) >= 11 is 5.46. The predicted molar refractivity (Wildman–Crippen MR) is 246 cm³/mol. The minimum atomic E-state index is -2.75. The molecule has 0 radical (unpaired) electrons. The highest BCUT2D eigenvalue weighted by atomic mass is 35.5. The molecular formula is C47H57ClF4N8O7. The molecule has 4 N–H and O–H groups in total. The molecule has 7 rings (SSSR count). The summed E-state index contributed by atoms with van der Waals surface area (Å²) in [6, 6.07) is 11.0. The zero-order valence-corrected chi connectivity index (χ0v) is 38.6. The summed E-state index contributed by atoms with van der Waals surface area (Å²) in [7, 11) is 3.49. The van der Waals surface area contributed by atoms with Gasteiger partial charge in [0.2, 0.25) is 0 Å².